The Balaban J connectivity index is 2.48. The van der Waals surface area contributed by atoms with E-state index >= 15 is 0 Å². The molecule has 0 amide bonds. The van der Waals surface area contributed by atoms with Crippen LogP contribution in [-0.4, -0.2) is 16.8 Å². The summed E-state index contributed by atoms with van der Waals surface area (Å²) in [5.41, 5.74) is 0.354. The summed E-state index contributed by atoms with van der Waals surface area (Å²) in [6, 6.07) is 0. The van der Waals surface area contributed by atoms with Crippen LogP contribution < -0.4 is 0 Å². The van der Waals surface area contributed by atoms with Crippen LogP contribution in [0.5, 0.6) is 0 Å². The van der Waals surface area contributed by atoms with Crippen molar-refractivity contribution >= 4 is 11.7 Å². The number of rotatable bonds is 1. The Labute approximate surface area is 40.5 Å². The molecule has 2 N–H and O–H groups in total. The summed E-state index contributed by atoms with van der Waals surface area (Å²) in [7, 11) is 0. The second kappa shape index (κ2) is 1.05. The third-order valence-corrected chi connectivity index (χ3v) is 0.983. The molecule has 1 aliphatic carbocycles. The molecule has 0 spiro atoms. The highest BCUT2D eigenvalue weighted by Crippen LogP contribution is 2.23. The second-order valence-electron chi connectivity index (χ2n) is 1.62. The first-order valence-electron chi connectivity index (χ1n) is 2.02. The first kappa shape index (κ1) is 4.30. The van der Waals surface area contributed by atoms with Gasteiger partial charge in [0.05, 0.1) is 5.92 Å². The summed E-state index contributed by atoms with van der Waals surface area (Å²) in [5.74, 6) is -1.29. The molecule has 1 saturated carbocycles. The molecular formula is C4H5NO2. The van der Waals surface area contributed by atoms with Crippen LogP contribution in [0.1, 0.15) is 6.42 Å². The monoisotopic (exact) mass is 99.0 g/mol. The number of hydrogen-bond acceptors (Lipinski definition) is 2. The molecule has 7 heavy (non-hydrogen) atoms. The van der Waals surface area contributed by atoms with Crippen molar-refractivity contribution in [3.63, 3.8) is 0 Å². The highest BCUT2D eigenvalue weighted by atomic mass is 16.4. The van der Waals surface area contributed by atoms with Crippen molar-refractivity contribution in [1.29, 1.82) is 5.41 Å². The smallest absolute Gasteiger partial charge is 0.312 e. The third kappa shape index (κ3) is 0.607. The van der Waals surface area contributed by atoms with E-state index in [1.807, 2.05) is 0 Å². The van der Waals surface area contributed by atoms with Gasteiger partial charge in [-0.15, -0.1) is 0 Å². The molecule has 1 fully saturated rings. The van der Waals surface area contributed by atoms with Crippen LogP contribution in [0.25, 0.3) is 0 Å². The van der Waals surface area contributed by atoms with Gasteiger partial charge in [-0.25, -0.2) is 0 Å². The van der Waals surface area contributed by atoms with Crippen LogP contribution in [0.2, 0.25) is 0 Å². The van der Waals surface area contributed by atoms with Crippen LogP contribution in [0.15, 0.2) is 0 Å². The molecule has 1 unspecified atom stereocenters. The number of hydrogen-bond donors (Lipinski definition) is 2. The van der Waals surface area contributed by atoms with Crippen LogP contribution in [-0.2, 0) is 4.79 Å². The van der Waals surface area contributed by atoms with E-state index in [1.165, 1.54) is 0 Å². The minimum Gasteiger partial charge on any atom is -0.481 e. The molecule has 0 aromatic heterocycles. The molecule has 0 aliphatic heterocycles. The van der Waals surface area contributed by atoms with Gasteiger partial charge in [-0.3, -0.25) is 4.79 Å². The molecule has 3 heteroatoms. The predicted octanol–water partition coefficient (Wildman–Crippen LogP) is 0.111. The SMILES string of the molecule is N=C1CC1C(=O)O. The van der Waals surface area contributed by atoms with Gasteiger partial charge in [0.25, 0.3) is 0 Å². The van der Waals surface area contributed by atoms with Gasteiger partial charge in [0.2, 0.25) is 0 Å². The summed E-state index contributed by atoms with van der Waals surface area (Å²) >= 11 is 0. The van der Waals surface area contributed by atoms with Gasteiger partial charge in [0, 0.05) is 12.1 Å². The van der Waals surface area contributed by atoms with Crippen LogP contribution in [0.4, 0.5) is 0 Å². The Kier molecular flexibility index (Phi) is 0.648. The Morgan fingerprint density at radius 3 is 2.43 bits per heavy atom. The summed E-state index contributed by atoms with van der Waals surface area (Å²) in [6.07, 6.45) is 0.468. The van der Waals surface area contributed by atoms with Gasteiger partial charge in [-0.1, -0.05) is 0 Å². The Morgan fingerprint density at radius 1 is 2.00 bits per heavy atom. The molecule has 0 aromatic rings. The predicted molar refractivity (Wildman–Crippen MR) is 23.5 cm³/mol. The van der Waals surface area contributed by atoms with E-state index in [4.69, 9.17) is 10.5 Å². The lowest BCUT2D eigenvalue weighted by Gasteiger charge is -1.75. The fourth-order valence-corrected chi connectivity index (χ4v) is 0.397. The lowest BCUT2D eigenvalue weighted by molar-refractivity contribution is -0.137. The van der Waals surface area contributed by atoms with E-state index in [1.54, 1.807) is 0 Å². The second-order valence-corrected chi connectivity index (χ2v) is 1.62. The number of aliphatic carboxylic acids is 1. The van der Waals surface area contributed by atoms with Gasteiger partial charge >= 0.3 is 5.97 Å². The molecule has 1 atom stereocenters. The maximum atomic E-state index is 9.83. The average molecular weight is 99.1 g/mol. The summed E-state index contributed by atoms with van der Waals surface area (Å²) in [6.45, 7) is 0. The standard InChI is InChI=1S/C4H5NO2/c5-3-1-2(3)4(6)7/h2,5H,1H2,(H,6,7). The number of carbonyl (C=O) groups is 1. The lowest BCUT2D eigenvalue weighted by atomic mass is 10.4. The van der Waals surface area contributed by atoms with Crippen molar-refractivity contribution in [2.24, 2.45) is 5.92 Å². The van der Waals surface area contributed by atoms with Gasteiger partial charge in [-0.05, 0) is 0 Å². The molecule has 0 aromatic carbocycles. The molecule has 0 saturated heterocycles. The lowest BCUT2D eigenvalue weighted by Crippen LogP contribution is -1.97. The number of carboxylic acids is 1. The molecule has 38 valence electrons. The average Bonchev–Trinajstić information content (AvgIpc) is 2.17. The van der Waals surface area contributed by atoms with E-state index in [-0.39, 0.29) is 0 Å². The first-order chi connectivity index (χ1) is 3.22. The van der Waals surface area contributed by atoms with Gasteiger partial charge in [-0.2, -0.15) is 0 Å². The highest BCUT2D eigenvalue weighted by molar-refractivity contribution is 6.13. The minimum absolute atomic E-state index is 0.354. The van der Waals surface area contributed by atoms with Crippen molar-refractivity contribution in [2.45, 2.75) is 6.42 Å². The van der Waals surface area contributed by atoms with Crippen molar-refractivity contribution in [3.05, 3.63) is 0 Å². The maximum absolute atomic E-state index is 9.83. The summed E-state index contributed by atoms with van der Waals surface area (Å²) < 4.78 is 0. The minimum atomic E-state index is -0.856. The van der Waals surface area contributed by atoms with Crippen molar-refractivity contribution in [2.75, 3.05) is 0 Å². The van der Waals surface area contributed by atoms with E-state index < -0.39 is 11.9 Å². The zero-order valence-electron chi connectivity index (χ0n) is 3.64. The third-order valence-electron chi connectivity index (χ3n) is 0.983. The largest absolute Gasteiger partial charge is 0.481 e. The first-order valence-corrected chi connectivity index (χ1v) is 2.02. The molecule has 3 nitrogen and oxygen atoms in total. The number of carboxylic acid groups (broad SMARTS) is 1. The van der Waals surface area contributed by atoms with E-state index in [9.17, 15) is 4.79 Å². The molecule has 0 radical (unpaired) electrons. The summed E-state index contributed by atoms with van der Waals surface area (Å²) in [4.78, 5) is 9.83. The van der Waals surface area contributed by atoms with E-state index in [2.05, 4.69) is 0 Å². The molecule has 0 bridgehead atoms. The molecule has 0 heterocycles. The van der Waals surface area contributed by atoms with Gasteiger partial charge < -0.3 is 10.5 Å². The van der Waals surface area contributed by atoms with E-state index in [0.29, 0.717) is 12.1 Å². The number of nitrogens with one attached hydrogen (secondary N) is 1. The normalized spacial score (nSPS) is 27.4. The zero-order chi connectivity index (χ0) is 5.44. The maximum Gasteiger partial charge on any atom is 0.312 e. The van der Waals surface area contributed by atoms with Crippen molar-refractivity contribution in [1.82, 2.24) is 0 Å². The summed E-state index contributed by atoms with van der Waals surface area (Å²) in [5, 5.41) is 14.8. The quantitative estimate of drug-likeness (QED) is 0.490. The van der Waals surface area contributed by atoms with Crippen LogP contribution >= 0.6 is 0 Å². The molecular weight excluding hydrogens is 94.0 g/mol. The fourth-order valence-electron chi connectivity index (χ4n) is 0.397. The van der Waals surface area contributed by atoms with Crippen molar-refractivity contribution in [3.8, 4) is 0 Å². The molecule has 1 rings (SSSR count). The van der Waals surface area contributed by atoms with Gasteiger partial charge in [0.1, 0.15) is 0 Å². The molecule has 1 aliphatic rings. The van der Waals surface area contributed by atoms with Crippen molar-refractivity contribution < 1.29 is 9.90 Å². The highest BCUT2D eigenvalue weighted by Gasteiger charge is 2.36. The fraction of sp³-hybridized carbons (Fsp3) is 0.500. The van der Waals surface area contributed by atoms with Gasteiger partial charge in [0.15, 0.2) is 0 Å². The Bertz CT molecular complexity index is 130. The Hall–Kier alpha value is -0.860. The van der Waals surface area contributed by atoms with E-state index in [0.717, 1.165) is 0 Å². The topological polar surface area (TPSA) is 61.2 Å². The zero-order valence-corrected chi connectivity index (χ0v) is 3.64. The Morgan fingerprint density at radius 2 is 2.43 bits per heavy atom. The van der Waals surface area contributed by atoms with Crippen LogP contribution in [0.3, 0.4) is 0 Å². The van der Waals surface area contributed by atoms with Crippen LogP contribution in [0, 0.1) is 11.3 Å².